The SMILES string of the molecule is CCc1cc(C(=O)O)c(=O)[nH]c1-c1ccc(N2CC3CC2CN3)cc1.O=C(O)C(F)(F)F. The van der Waals surface area contributed by atoms with Crippen LogP contribution < -0.4 is 15.8 Å². The van der Waals surface area contributed by atoms with E-state index in [2.05, 4.69) is 27.3 Å². The molecule has 2 bridgehead atoms. The molecule has 172 valence electrons. The molecule has 0 saturated carbocycles. The highest BCUT2D eigenvalue weighted by Gasteiger charge is 2.38. The second kappa shape index (κ2) is 9.03. The summed E-state index contributed by atoms with van der Waals surface area (Å²) in [5.74, 6) is -3.96. The molecule has 4 N–H and O–H groups in total. The molecule has 0 spiro atoms. The van der Waals surface area contributed by atoms with Gasteiger partial charge in [0.15, 0.2) is 0 Å². The summed E-state index contributed by atoms with van der Waals surface area (Å²) in [4.78, 5) is 37.3. The van der Waals surface area contributed by atoms with E-state index in [1.54, 1.807) is 0 Å². The van der Waals surface area contributed by atoms with Crippen LogP contribution in [0.2, 0.25) is 0 Å². The number of aliphatic carboxylic acids is 1. The lowest BCUT2D eigenvalue weighted by molar-refractivity contribution is -0.192. The number of H-pyrrole nitrogens is 1. The van der Waals surface area contributed by atoms with E-state index in [1.807, 2.05) is 19.1 Å². The van der Waals surface area contributed by atoms with Crippen LogP contribution in [0.3, 0.4) is 0 Å². The van der Waals surface area contributed by atoms with Gasteiger partial charge in [0.2, 0.25) is 0 Å². The molecule has 0 aliphatic carbocycles. The van der Waals surface area contributed by atoms with E-state index in [-0.39, 0.29) is 5.56 Å². The predicted molar refractivity (Wildman–Crippen MR) is 110 cm³/mol. The number of nitrogens with zero attached hydrogens (tertiary/aromatic N) is 1. The first kappa shape index (κ1) is 23.3. The number of anilines is 1. The van der Waals surface area contributed by atoms with E-state index < -0.39 is 23.7 Å². The topological polar surface area (TPSA) is 123 Å². The molecule has 4 rings (SSSR count). The maximum absolute atomic E-state index is 12.0. The zero-order valence-electron chi connectivity index (χ0n) is 17.1. The molecule has 2 atom stereocenters. The number of aromatic nitrogens is 1. The number of piperazine rings is 1. The first-order valence-electron chi connectivity index (χ1n) is 9.91. The fourth-order valence-electron chi connectivity index (χ4n) is 3.96. The van der Waals surface area contributed by atoms with E-state index in [4.69, 9.17) is 15.0 Å². The Hall–Kier alpha value is -3.34. The smallest absolute Gasteiger partial charge is 0.477 e. The van der Waals surface area contributed by atoms with Crippen LogP contribution >= 0.6 is 0 Å². The van der Waals surface area contributed by atoms with Gasteiger partial charge in [-0.25, -0.2) is 9.59 Å². The van der Waals surface area contributed by atoms with Gasteiger partial charge in [-0.3, -0.25) is 4.79 Å². The molecule has 2 aromatic rings. The number of fused-ring (bicyclic) bond motifs is 2. The van der Waals surface area contributed by atoms with Gasteiger partial charge in [0.1, 0.15) is 5.56 Å². The van der Waals surface area contributed by atoms with Gasteiger partial charge in [-0.15, -0.1) is 0 Å². The van der Waals surface area contributed by atoms with Crippen molar-refractivity contribution in [3.05, 3.63) is 51.8 Å². The van der Waals surface area contributed by atoms with Crippen molar-refractivity contribution in [2.45, 2.75) is 38.0 Å². The standard InChI is InChI=1S/C19H21N3O3.C2HF3O2/c1-2-11-7-16(19(24)25)18(23)21-17(11)12-3-5-14(6-4-12)22-10-13-8-15(22)9-20-13;3-2(4,5)1(6)7/h3-7,13,15,20H,2,8-10H2,1H3,(H,21,23)(H,24,25);(H,6,7). The number of alkyl halides is 3. The van der Waals surface area contributed by atoms with E-state index in [9.17, 15) is 22.8 Å². The molecular weight excluding hydrogens is 431 g/mol. The number of aromatic carboxylic acids is 1. The molecule has 8 nitrogen and oxygen atoms in total. The lowest BCUT2D eigenvalue weighted by atomic mass is 10.0. The number of benzene rings is 1. The number of carboxylic acids is 2. The fourth-order valence-corrected chi connectivity index (χ4v) is 3.96. The zero-order valence-corrected chi connectivity index (χ0v) is 17.1. The third-order valence-corrected chi connectivity index (χ3v) is 5.52. The quantitative estimate of drug-likeness (QED) is 0.561. The van der Waals surface area contributed by atoms with Crippen LogP contribution in [0.1, 0.15) is 29.3 Å². The maximum atomic E-state index is 12.0. The Bertz CT molecular complexity index is 1070. The largest absolute Gasteiger partial charge is 0.490 e. The van der Waals surface area contributed by atoms with Crippen LogP contribution in [0, 0.1) is 0 Å². The summed E-state index contributed by atoms with van der Waals surface area (Å²) < 4.78 is 31.7. The Balaban J connectivity index is 0.000000360. The highest BCUT2D eigenvalue weighted by Crippen LogP contribution is 2.31. The highest BCUT2D eigenvalue weighted by molar-refractivity contribution is 5.88. The molecular formula is C21H22F3N3O5. The van der Waals surface area contributed by atoms with Crippen LogP contribution in [0.25, 0.3) is 11.3 Å². The highest BCUT2D eigenvalue weighted by atomic mass is 19.4. The van der Waals surface area contributed by atoms with Crippen molar-refractivity contribution in [2.75, 3.05) is 18.0 Å². The minimum absolute atomic E-state index is 0.210. The number of aromatic amines is 1. The molecule has 1 aromatic carbocycles. The lowest BCUT2D eigenvalue weighted by Crippen LogP contribution is -2.43. The van der Waals surface area contributed by atoms with Crippen LogP contribution in [-0.2, 0) is 11.2 Å². The summed E-state index contributed by atoms with van der Waals surface area (Å²) >= 11 is 0. The molecule has 32 heavy (non-hydrogen) atoms. The van der Waals surface area contributed by atoms with Crippen LogP contribution in [0.15, 0.2) is 35.1 Å². The number of halogens is 3. The number of carbonyl (C=O) groups is 2. The second-order valence-corrected chi connectivity index (χ2v) is 7.57. The van der Waals surface area contributed by atoms with Gasteiger partial charge >= 0.3 is 18.1 Å². The molecule has 2 unspecified atom stereocenters. The monoisotopic (exact) mass is 453 g/mol. The molecule has 1 aromatic heterocycles. The average molecular weight is 453 g/mol. The third-order valence-electron chi connectivity index (χ3n) is 5.52. The first-order chi connectivity index (χ1) is 15.0. The molecule has 2 fully saturated rings. The normalized spacial score (nSPS) is 19.4. The number of pyridine rings is 1. The van der Waals surface area contributed by atoms with Crippen LogP contribution in [0.4, 0.5) is 18.9 Å². The summed E-state index contributed by atoms with van der Waals surface area (Å²) in [5.41, 5.74) is 2.85. The Morgan fingerprint density at radius 3 is 2.25 bits per heavy atom. The van der Waals surface area contributed by atoms with E-state index in [1.165, 1.54) is 18.2 Å². The van der Waals surface area contributed by atoms with Gasteiger partial charge in [0.05, 0.1) is 5.69 Å². The van der Waals surface area contributed by atoms with Crippen molar-refractivity contribution in [3.63, 3.8) is 0 Å². The maximum Gasteiger partial charge on any atom is 0.490 e. The fraction of sp³-hybridized carbons (Fsp3) is 0.381. The molecule has 11 heteroatoms. The van der Waals surface area contributed by atoms with Crippen molar-refractivity contribution in [2.24, 2.45) is 0 Å². The molecule has 0 amide bonds. The molecule has 2 aliphatic heterocycles. The van der Waals surface area contributed by atoms with Crippen molar-refractivity contribution < 1.29 is 33.0 Å². The summed E-state index contributed by atoms with van der Waals surface area (Å²) in [6, 6.07) is 10.8. The zero-order chi connectivity index (χ0) is 23.6. The van der Waals surface area contributed by atoms with Crippen LogP contribution in [0.5, 0.6) is 0 Å². The lowest BCUT2D eigenvalue weighted by Gasteiger charge is -2.29. The minimum Gasteiger partial charge on any atom is -0.477 e. The predicted octanol–water partition coefficient (Wildman–Crippen LogP) is 2.49. The first-order valence-corrected chi connectivity index (χ1v) is 9.91. The number of carboxylic acid groups (broad SMARTS) is 2. The Morgan fingerprint density at radius 1 is 1.19 bits per heavy atom. The van der Waals surface area contributed by atoms with Gasteiger partial charge in [-0.05, 0) is 42.2 Å². The van der Waals surface area contributed by atoms with Gasteiger partial charge < -0.3 is 25.4 Å². The third kappa shape index (κ3) is 4.93. The number of hydrogen-bond donors (Lipinski definition) is 4. The van der Waals surface area contributed by atoms with Gasteiger partial charge in [-0.1, -0.05) is 19.1 Å². The number of rotatable bonds is 4. The summed E-state index contributed by atoms with van der Waals surface area (Å²) in [6.45, 7) is 4.02. The summed E-state index contributed by atoms with van der Waals surface area (Å²) in [7, 11) is 0. The van der Waals surface area contributed by atoms with Crippen molar-refractivity contribution >= 4 is 17.6 Å². The van der Waals surface area contributed by atoms with Crippen molar-refractivity contribution in [1.82, 2.24) is 10.3 Å². The Labute approximate surface area is 180 Å². The minimum atomic E-state index is -5.08. The molecule has 0 radical (unpaired) electrons. The molecule has 2 aliphatic rings. The van der Waals surface area contributed by atoms with Gasteiger partial charge in [0, 0.05) is 30.9 Å². The van der Waals surface area contributed by atoms with Crippen molar-refractivity contribution in [3.8, 4) is 11.3 Å². The van der Waals surface area contributed by atoms with E-state index >= 15 is 0 Å². The Kier molecular flexibility index (Phi) is 6.58. The Morgan fingerprint density at radius 2 is 1.81 bits per heavy atom. The summed E-state index contributed by atoms with van der Waals surface area (Å²) in [6.07, 6.45) is -3.23. The average Bonchev–Trinajstić information content (AvgIpc) is 3.37. The van der Waals surface area contributed by atoms with E-state index in [0.29, 0.717) is 24.2 Å². The van der Waals surface area contributed by atoms with Gasteiger partial charge in [0.25, 0.3) is 5.56 Å². The van der Waals surface area contributed by atoms with E-state index in [0.717, 1.165) is 24.2 Å². The second-order valence-electron chi connectivity index (χ2n) is 7.57. The number of aryl methyl sites for hydroxylation is 1. The molecule has 3 heterocycles. The van der Waals surface area contributed by atoms with Crippen molar-refractivity contribution in [1.29, 1.82) is 0 Å². The molecule has 2 saturated heterocycles. The van der Waals surface area contributed by atoms with Crippen LogP contribution in [-0.4, -0.2) is 58.5 Å². The van der Waals surface area contributed by atoms with Gasteiger partial charge in [-0.2, -0.15) is 13.2 Å². The summed E-state index contributed by atoms with van der Waals surface area (Å²) in [5, 5.41) is 19.8. The number of nitrogens with one attached hydrogen (secondary N) is 2. The number of hydrogen-bond acceptors (Lipinski definition) is 5.